The third-order valence-electron chi connectivity index (χ3n) is 8.33. The first-order valence-electron chi connectivity index (χ1n) is 13.7. The maximum atomic E-state index is 14.8. The van der Waals surface area contributed by atoms with Crippen LogP contribution in [0, 0.1) is 0 Å². The Bertz CT molecular complexity index is 2140. The van der Waals surface area contributed by atoms with Crippen molar-refractivity contribution in [3.63, 3.8) is 0 Å². The topological polar surface area (TPSA) is 0 Å². The van der Waals surface area contributed by atoms with Crippen LogP contribution in [0.25, 0.3) is 43.1 Å². The summed E-state index contributed by atoms with van der Waals surface area (Å²) >= 11 is 0. The van der Waals surface area contributed by atoms with Gasteiger partial charge in [-0.3, -0.25) is 0 Å². The van der Waals surface area contributed by atoms with Gasteiger partial charge in [-0.2, -0.15) is 132 Å². The first-order chi connectivity index (χ1) is 25.2. The van der Waals surface area contributed by atoms with Crippen LogP contribution in [0.3, 0.4) is 0 Å². The van der Waals surface area contributed by atoms with E-state index in [0.717, 1.165) is 0 Å². The third kappa shape index (κ3) is 6.40. The van der Waals surface area contributed by atoms with E-state index in [1.54, 1.807) is 0 Å². The fourth-order valence-corrected chi connectivity index (χ4v) is 6.96. The van der Waals surface area contributed by atoms with E-state index < -0.39 is 160 Å². The first kappa shape index (κ1) is 44.7. The minimum absolute atomic E-state index is 3.52. The molecule has 0 atom stereocenters. The van der Waals surface area contributed by atoms with Gasteiger partial charge in [0.05, 0.1) is 55.6 Å². The molecule has 0 aliphatic rings. The summed E-state index contributed by atoms with van der Waals surface area (Å²) in [7, 11) is 0. The maximum Gasteiger partial charge on any atom is 0.417 e. The van der Waals surface area contributed by atoms with Crippen LogP contribution in [-0.4, -0.2) is 0 Å². The lowest BCUT2D eigenvalue weighted by molar-refractivity contribution is -0.181. The Kier molecular flexibility index (Phi) is 8.96. The minimum Gasteiger partial charge on any atom is -0.166 e. The fraction of sp³-hybridized carbons (Fsp3) is 0.357. The molecule has 0 aliphatic carbocycles. The van der Waals surface area contributed by atoms with E-state index in [1.807, 2.05) is 0 Å². The molecule has 0 saturated heterocycles. The van der Waals surface area contributed by atoms with Crippen molar-refractivity contribution in [3.05, 3.63) is 55.6 Å². The summed E-state index contributed by atoms with van der Waals surface area (Å²) in [5, 5.41) is -28.6. The normalized spacial score (nSPS) is 15.4. The van der Waals surface area contributed by atoms with Gasteiger partial charge in [0.15, 0.2) is 0 Å². The van der Waals surface area contributed by atoms with E-state index in [-0.39, 0.29) is 0 Å². The number of rotatable bonds is 0. The van der Waals surface area contributed by atoms with Gasteiger partial charge in [0.1, 0.15) is 0 Å². The number of hydrogen-bond donors (Lipinski definition) is 0. The second-order valence-corrected chi connectivity index (χ2v) is 11.7. The van der Waals surface area contributed by atoms with Gasteiger partial charge in [-0.25, -0.2) is 0 Å². The number of alkyl halides is 30. The smallest absolute Gasteiger partial charge is 0.166 e. The predicted octanol–water partition coefficient (Wildman–Crippen LogP) is 15.4. The summed E-state index contributed by atoms with van der Waals surface area (Å²) in [4.78, 5) is 0. The lowest BCUT2D eigenvalue weighted by atomic mass is 9.71. The Morgan fingerprint density at radius 2 is 0.207 bits per heavy atom. The molecule has 0 fully saturated rings. The van der Waals surface area contributed by atoms with Crippen LogP contribution < -0.4 is 0 Å². The predicted molar refractivity (Wildman–Crippen MR) is 129 cm³/mol. The lowest BCUT2D eigenvalue weighted by Gasteiger charge is -2.35. The molecule has 58 heavy (non-hydrogen) atoms. The molecule has 0 heterocycles. The molecule has 5 aromatic carbocycles. The number of hydrogen-bond acceptors (Lipinski definition) is 0. The van der Waals surface area contributed by atoms with E-state index in [1.165, 1.54) is 0 Å². The van der Waals surface area contributed by atoms with Crippen LogP contribution in [0.5, 0.6) is 0 Å². The molecule has 0 amide bonds. The highest BCUT2D eigenvalue weighted by Crippen LogP contribution is 2.67. The van der Waals surface area contributed by atoms with Gasteiger partial charge in [-0.1, -0.05) is 0 Å². The Morgan fingerprint density at radius 1 is 0.121 bits per heavy atom. The molecule has 0 radical (unpaired) electrons. The molecule has 30 heteroatoms. The summed E-state index contributed by atoms with van der Waals surface area (Å²) in [5.74, 6) is 0. The van der Waals surface area contributed by atoms with Crippen molar-refractivity contribution in [1.82, 2.24) is 0 Å². The van der Waals surface area contributed by atoms with Crippen molar-refractivity contribution < 1.29 is 132 Å². The van der Waals surface area contributed by atoms with Gasteiger partial charge in [-0.15, -0.1) is 0 Å². The van der Waals surface area contributed by atoms with E-state index in [4.69, 9.17) is 0 Å². The lowest BCUT2D eigenvalue weighted by Crippen LogP contribution is -2.31. The summed E-state index contributed by atoms with van der Waals surface area (Å²) in [5.41, 5.74) is -43.9. The molecule has 0 saturated carbocycles. The summed E-state index contributed by atoms with van der Waals surface area (Å²) < 4.78 is 429. The van der Waals surface area contributed by atoms with Crippen LogP contribution in [0.4, 0.5) is 132 Å². The molecule has 322 valence electrons. The van der Waals surface area contributed by atoms with Crippen LogP contribution in [-0.2, 0) is 61.8 Å². The molecule has 0 nitrogen and oxygen atoms in total. The molecule has 0 N–H and O–H groups in total. The molecule has 0 bridgehead atoms. The highest BCUT2D eigenvalue weighted by molar-refractivity contribution is 6.41. The van der Waals surface area contributed by atoms with Crippen LogP contribution in [0.15, 0.2) is 0 Å². The number of halogens is 30. The Morgan fingerprint density at radius 3 is 0.293 bits per heavy atom. The largest absolute Gasteiger partial charge is 0.417 e. The molecular formula is C28F30. The molecular weight excluding hydrogens is 906 g/mol. The standard InChI is InChI=1S/C28F30/c29-19(30,31)9-1-2(6-5(1)11(21(35,36)37)15(25(47,48)49)16(26(50,51)52)12(6)22(38,39)40)10(20(32,33)34)4-3(9)7-8(4)14(24(44,45)46)18(28(56,57)58)17(27(53,54)55)13(7)23(41,42)43. The van der Waals surface area contributed by atoms with Crippen LogP contribution in [0.2, 0.25) is 0 Å². The van der Waals surface area contributed by atoms with Crippen LogP contribution in [0.1, 0.15) is 55.6 Å². The molecule has 0 aliphatic heterocycles. The van der Waals surface area contributed by atoms with E-state index in [0.29, 0.717) is 0 Å². The van der Waals surface area contributed by atoms with Gasteiger partial charge >= 0.3 is 61.8 Å². The fourth-order valence-electron chi connectivity index (χ4n) is 6.96. The van der Waals surface area contributed by atoms with Crippen molar-refractivity contribution in [2.75, 3.05) is 0 Å². The first-order valence-corrected chi connectivity index (χ1v) is 13.7. The Labute approximate surface area is 293 Å². The average molecular weight is 906 g/mol. The van der Waals surface area contributed by atoms with Gasteiger partial charge < -0.3 is 0 Å². The van der Waals surface area contributed by atoms with Crippen molar-refractivity contribution in [1.29, 1.82) is 0 Å². The summed E-state index contributed by atoms with van der Waals surface area (Å²) in [6.45, 7) is 0. The molecule has 0 spiro atoms. The molecule has 5 rings (SSSR count). The summed E-state index contributed by atoms with van der Waals surface area (Å²) in [6, 6.07) is 0. The zero-order valence-corrected chi connectivity index (χ0v) is 25.3. The van der Waals surface area contributed by atoms with Crippen molar-refractivity contribution in [2.24, 2.45) is 0 Å². The van der Waals surface area contributed by atoms with E-state index in [2.05, 4.69) is 0 Å². The van der Waals surface area contributed by atoms with Gasteiger partial charge in [0, 0.05) is 43.1 Å². The van der Waals surface area contributed by atoms with Crippen LogP contribution >= 0.6 is 0 Å². The van der Waals surface area contributed by atoms with Gasteiger partial charge in [0.25, 0.3) is 0 Å². The van der Waals surface area contributed by atoms with Crippen molar-refractivity contribution in [2.45, 2.75) is 61.8 Å². The minimum atomic E-state index is -7.49. The van der Waals surface area contributed by atoms with Gasteiger partial charge in [0.2, 0.25) is 0 Å². The van der Waals surface area contributed by atoms with Gasteiger partial charge in [-0.05, 0) is 0 Å². The Balaban J connectivity index is 2.51. The third-order valence-corrected chi connectivity index (χ3v) is 8.33. The second kappa shape index (κ2) is 11.6. The van der Waals surface area contributed by atoms with E-state index in [9.17, 15) is 132 Å². The zero-order chi connectivity index (χ0) is 45.4. The van der Waals surface area contributed by atoms with E-state index >= 15 is 0 Å². The van der Waals surface area contributed by atoms with Crippen molar-refractivity contribution >= 4 is 43.1 Å². The molecule has 0 aromatic heterocycles. The zero-order valence-electron chi connectivity index (χ0n) is 25.3. The highest BCUT2D eigenvalue weighted by atomic mass is 19.4. The summed E-state index contributed by atoms with van der Waals surface area (Å²) in [6.07, 6.45) is -74.1. The number of fused-ring (bicyclic) bond motifs is 8. The second-order valence-electron chi connectivity index (χ2n) is 11.7. The highest BCUT2D eigenvalue weighted by Gasteiger charge is 2.62. The quantitative estimate of drug-likeness (QED) is 0.136. The average Bonchev–Trinajstić information content (AvgIpc) is 2.89. The monoisotopic (exact) mass is 906 g/mol. The number of benzene rings is 3. The SMILES string of the molecule is FC(F)(F)c1c(C(F)(F)F)c(C(F)(F)F)c2c(c1C(F)(F)F)c1c(C(F)(F)F)c3c4c(C(F)(F)F)c(C(F)(F)F)c(C(F)(F)F)c(C(F)(F)F)c4c3c(C(F)(F)F)c21. The molecule has 5 aromatic rings. The van der Waals surface area contributed by atoms with Crippen molar-refractivity contribution in [3.8, 4) is 0 Å². The Hall–Kier alpha value is -4.44. The molecule has 0 unspecified atom stereocenters. The maximum absolute atomic E-state index is 14.8.